The van der Waals surface area contributed by atoms with Crippen molar-refractivity contribution in [3.63, 3.8) is 0 Å². The van der Waals surface area contributed by atoms with E-state index in [2.05, 4.69) is 31.7 Å². The lowest BCUT2D eigenvalue weighted by molar-refractivity contribution is 0.143. The summed E-state index contributed by atoms with van der Waals surface area (Å²) in [5.41, 5.74) is 6.00. The van der Waals surface area contributed by atoms with Crippen LogP contribution in [0.4, 0.5) is 0 Å². The van der Waals surface area contributed by atoms with Gasteiger partial charge in [-0.1, -0.05) is 31.9 Å². The molecular weight excluding hydrogens is 264 g/mol. The molecule has 0 radical (unpaired) electrons. The van der Waals surface area contributed by atoms with E-state index >= 15 is 0 Å². The molecule has 1 aromatic rings. The van der Waals surface area contributed by atoms with E-state index in [1.807, 2.05) is 5.38 Å². The first-order valence-corrected chi connectivity index (χ1v) is 8.09. The first-order valence-electron chi connectivity index (χ1n) is 6.83. The number of hydrogen-bond donors (Lipinski definition) is 1. The third-order valence-electron chi connectivity index (χ3n) is 3.47. The number of hydrogen-bond acceptors (Lipinski definition) is 3. The quantitative estimate of drug-likeness (QED) is 0.773. The van der Waals surface area contributed by atoms with Crippen LogP contribution in [-0.4, -0.2) is 24.0 Å². The van der Waals surface area contributed by atoms with E-state index in [-0.39, 0.29) is 0 Å². The van der Waals surface area contributed by atoms with Gasteiger partial charge in [-0.2, -0.15) is 0 Å². The summed E-state index contributed by atoms with van der Waals surface area (Å²) in [6.45, 7) is 8.52. The summed E-state index contributed by atoms with van der Waals surface area (Å²) in [6, 6.07) is 2.93. The van der Waals surface area contributed by atoms with E-state index in [1.54, 1.807) is 11.3 Å². The lowest BCUT2D eigenvalue weighted by Gasteiger charge is -2.35. The molecule has 4 heteroatoms. The van der Waals surface area contributed by atoms with Crippen molar-refractivity contribution in [2.24, 2.45) is 5.73 Å². The van der Waals surface area contributed by atoms with Gasteiger partial charge in [-0.3, -0.25) is 4.90 Å². The van der Waals surface area contributed by atoms with Crippen LogP contribution in [0.5, 0.6) is 0 Å². The maximum absolute atomic E-state index is 6.04. The average molecular weight is 289 g/mol. The molecule has 104 valence electrons. The standard InChI is InChI=1S/C14H25ClN2S/c1-4-6-7-17(11(3)5-2)13(9-16)14-8-12(15)10-18-14/h8,10-11,13H,4-7,9,16H2,1-3H3. The van der Waals surface area contributed by atoms with Gasteiger partial charge in [-0.25, -0.2) is 0 Å². The van der Waals surface area contributed by atoms with Crippen LogP contribution in [0.25, 0.3) is 0 Å². The Morgan fingerprint density at radius 3 is 2.61 bits per heavy atom. The van der Waals surface area contributed by atoms with Gasteiger partial charge in [-0.05, 0) is 32.4 Å². The molecule has 18 heavy (non-hydrogen) atoms. The Morgan fingerprint density at radius 2 is 2.17 bits per heavy atom. The Bertz CT molecular complexity index is 340. The van der Waals surface area contributed by atoms with Crippen LogP contribution in [0.1, 0.15) is 51.0 Å². The fourth-order valence-electron chi connectivity index (χ4n) is 2.18. The summed E-state index contributed by atoms with van der Waals surface area (Å²) in [7, 11) is 0. The topological polar surface area (TPSA) is 29.3 Å². The lowest BCUT2D eigenvalue weighted by Crippen LogP contribution is -2.40. The molecule has 0 aliphatic heterocycles. The first-order chi connectivity index (χ1) is 8.63. The monoisotopic (exact) mass is 288 g/mol. The van der Waals surface area contributed by atoms with E-state index in [1.165, 1.54) is 17.7 Å². The van der Waals surface area contributed by atoms with Gasteiger partial charge in [0, 0.05) is 22.8 Å². The summed E-state index contributed by atoms with van der Waals surface area (Å²) in [4.78, 5) is 3.82. The maximum atomic E-state index is 6.04. The second-order valence-corrected chi connectivity index (χ2v) is 6.15. The van der Waals surface area contributed by atoms with Crippen LogP contribution in [0.3, 0.4) is 0 Å². The highest BCUT2D eigenvalue weighted by molar-refractivity contribution is 7.10. The van der Waals surface area contributed by atoms with Crippen molar-refractivity contribution >= 4 is 22.9 Å². The highest BCUT2D eigenvalue weighted by atomic mass is 35.5. The molecule has 0 aliphatic carbocycles. The zero-order valence-corrected chi connectivity index (χ0v) is 13.2. The van der Waals surface area contributed by atoms with E-state index in [9.17, 15) is 0 Å². The summed E-state index contributed by atoms with van der Waals surface area (Å²) in [5, 5.41) is 2.82. The second-order valence-electron chi connectivity index (χ2n) is 4.77. The lowest BCUT2D eigenvalue weighted by atomic mass is 10.1. The number of halogens is 1. The fraction of sp³-hybridized carbons (Fsp3) is 0.714. The minimum atomic E-state index is 0.309. The smallest absolute Gasteiger partial charge is 0.0567 e. The molecule has 2 atom stereocenters. The molecule has 0 saturated heterocycles. The minimum absolute atomic E-state index is 0.309. The summed E-state index contributed by atoms with van der Waals surface area (Å²) < 4.78 is 0. The zero-order valence-electron chi connectivity index (χ0n) is 11.7. The van der Waals surface area contributed by atoms with Crippen molar-refractivity contribution in [2.75, 3.05) is 13.1 Å². The largest absolute Gasteiger partial charge is 0.329 e. The molecule has 2 nitrogen and oxygen atoms in total. The van der Waals surface area contributed by atoms with E-state index in [0.717, 1.165) is 18.0 Å². The number of nitrogens with zero attached hydrogens (tertiary/aromatic N) is 1. The predicted octanol–water partition coefficient (Wildman–Crippen LogP) is 4.30. The number of thiophene rings is 1. The van der Waals surface area contributed by atoms with Gasteiger partial charge >= 0.3 is 0 Å². The molecule has 0 bridgehead atoms. The Labute approximate surface area is 120 Å². The van der Waals surface area contributed by atoms with Gasteiger partial charge in [0.15, 0.2) is 0 Å². The van der Waals surface area contributed by atoms with Crippen molar-refractivity contribution < 1.29 is 0 Å². The van der Waals surface area contributed by atoms with E-state index in [4.69, 9.17) is 17.3 Å². The Balaban J connectivity index is 2.85. The summed E-state index contributed by atoms with van der Waals surface area (Å²) >= 11 is 7.75. The third kappa shape index (κ3) is 4.23. The number of unbranched alkanes of at least 4 members (excludes halogenated alkanes) is 1. The SMILES string of the molecule is CCCCN(C(C)CC)C(CN)c1cc(Cl)cs1. The molecule has 0 amide bonds. The molecule has 2 unspecified atom stereocenters. The Hall–Kier alpha value is -0.0900. The normalized spacial score (nSPS) is 15.0. The molecule has 0 spiro atoms. The zero-order chi connectivity index (χ0) is 13.5. The summed E-state index contributed by atoms with van der Waals surface area (Å²) in [6.07, 6.45) is 3.59. The molecule has 1 aromatic heterocycles. The first kappa shape index (κ1) is 16.0. The van der Waals surface area contributed by atoms with Crippen molar-refractivity contribution in [1.29, 1.82) is 0 Å². The highest BCUT2D eigenvalue weighted by Crippen LogP contribution is 2.30. The Kier molecular flexibility index (Phi) is 7.23. The van der Waals surface area contributed by atoms with Gasteiger partial charge in [-0.15, -0.1) is 11.3 Å². The molecule has 2 N–H and O–H groups in total. The molecule has 1 rings (SSSR count). The fourth-order valence-corrected chi connectivity index (χ4v) is 3.39. The molecule has 0 aliphatic rings. The van der Waals surface area contributed by atoms with Gasteiger partial charge in [0.1, 0.15) is 0 Å². The third-order valence-corrected chi connectivity index (χ3v) is 4.85. The van der Waals surface area contributed by atoms with Crippen molar-refractivity contribution in [3.05, 3.63) is 21.3 Å². The molecule has 0 aromatic carbocycles. The summed E-state index contributed by atoms with van der Waals surface area (Å²) in [5.74, 6) is 0. The molecule has 0 fully saturated rings. The molecule has 0 saturated carbocycles. The van der Waals surface area contributed by atoms with E-state index in [0.29, 0.717) is 18.6 Å². The minimum Gasteiger partial charge on any atom is -0.329 e. The van der Waals surface area contributed by atoms with Gasteiger partial charge in [0.05, 0.1) is 11.1 Å². The van der Waals surface area contributed by atoms with Crippen molar-refractivity contribution in [2.45, 2.75) is 52.1 Å². The van der Waals surface area contributed by atoms with Crippen LogP contribution in [0.2, 0.25) is 5.02 Å². The van der Waals surface area contributed by atoms with Crippen LogP contribution in [0, 0.1) is 0 Å². The van der Waals surface area contributed by atoms with Crippen LogP contribution in [0.15, 0.2) is 11.4 Å². The second kappa shape index (κ2) is 8.16. The Morgan fingerprint density at radius 1 is 1.44 bits per heavy atom. The highest BCUT2D eigenvalue weighted by Gasteiger charge is 2.23. The van der Waals surface area contributed by atoms with Gasteiger partial charge in [0.25, 0.3) is 0 Å². The predicted molar refractivity (Wildman–Crippen MR) is 82.5 cm³/mol. The van der Waals surface area contributed by atoms with Gasteiger partial charge in [0.2, 0.25) is 0 Å². The number of rotatable bonds is 8. The molecule has 1 heterocycles. The van der Waals surface area contributed by atoms with Crippen LogP contribution < -0.4 is 5.73 Å². The average Bonchev–Trinajstić information content (AvgIpc) is 2.80. The van der Waals surface area contributed by atoms with Crippen molar-refractivity contribution in [1.82, 2.24) is 4.90 Å². The van der Waals surface area contributed by atoms with Crippen LogP contribution >= 0.6 is 22.9 Å². The molecular formula is C14H25ClN2S. The van der Waals surface area contributed by atoms with Gasteiger partial charge < -0.3 is 5.73 Å². The van der Waals surface area contributed by atoms with Crippen LogP contribution in [-0.2, 0) is 0 Å². The maximum Gasteiger partial charge on any atom is 0.0567 e. The van der Waals surface area contributed by atoms with Crippen molar-refractivity contribution in [3.8, 4) is 0 Å². The number of nitrogens with two attached hydrogens (primary N) is 1. The van der Waals surface area contributed by atoms with E-state index < -0.39 is 0 Å².